The molecule has 2 rings (SSSR count). The number of nitrogens with one attached hydrogen (secondary N) is 1. The number of hydrogen-bond acceptors (Lipinski definition) is 4. The second kappa shape index (κ2) is 6.61. The van der Waals surface area contributed by atoms with Crippen LogP contribution in [0, 0.1) is 25.7 Å². The van der Waals surface area contributed by atoms with Gasteiger partial charge in [0.25, 0.3) is 5.91 Å². The van der Waals surface area contributed by atoms with Gasteiger partial charge in [0.05, 0.1) is 22.3 Å². The van der Waals surface area contributed by atoms with E-state index in [4.69, 9.17) is 10.2 Å². The summed E-state index contributed by atoms with van der Waals surface area (Å²) in [6.07, 6.45) is 0. The van der Waals surface area contributed by atoms with Gasteiger partial charge in [-0.1, -0.05) is 11.8 Å². The summed E-state index contributed by atoms with van der Waals surface area (Å²) in [7, 11) is 0. The molecule has 2 aromatic heterocycles. The molecule has 0 saturated heterocycles. The quantitative estimate of drug-likeness (QED) is 0.857. The van der Waals surface area contributed by atoms with E-state index in [2.05, 4.69) is 17.2 Å². The molecule has 3 N–H and O–H groups in total. The smallest absolute Gasteiger partial charge is 0.261 e. The summed E-state index contributed by atoms with van der Waals surface area (Å²) >= 11 is 1.38. The molecule has 1 atom stereocenters. The molecular weight excluding hydrogens is 284 g/mol. The maximum atomic E-state index is 12.3. The third-order valence-electron chi connectivity index (χ3n) is 2.98. The van der Waals surface area contributed by atoms with E-state index in [-0.39, 0.29) is 11.9 Å². The van der Waals surface area contributed by atoms with Crippen LogP contribution in [0.15, 0.2) is 22.6 Å². The largest absolute Gasteiger partial charge is 0.464 e. The molecule has 0 bridgehead atoms. The van der Waals surface area contributed by atoms with E-state index in [1.54, 1.807) is 0 Å². The van der Waals surface area contributed by atoms with Crippen molar-refractivity contribution in [2.75, 3.05) is 6.54 Å². The molecule has 2 heterocycles. The van der Waals surface area contributed by atoms with Gasteiger partial charge in [-0.15, -0.1) is 11.3 Å². The molecule has 21 heavy (non-hydrogen) atoms. The second-order valence-corrected chi connectivity index (χ2v) is 5.82. The standard InChI is InChI=1S/C16H18N2O2S/c1-10-9-15(21-14(10)5-4-8-17)16(19)18-12(3)13-7-6-11(2)20-13/h6-7,9,12H,8,17H2,1-3H3,(H,18,19). The number of rotatable bonds is 3. The Kier molecular flexibility index (Phi) is 4.84. The zero-order valence-electron chi connectivity index (χ0n) is 12.3. The fraction of sp³-hybridized carbons (Fsp3) is 0.312. The Morgan fingerprint density at radius 3 is 2.86 bits per heavy atom. The van der Waals surface area contributed by atoms with Gasteiger partial charge >= 0.3 is 0 Å². The van der Waals surface area contributed by atoms with Crippen LogP contribution in [0.25, 0.3) is 0 Å². The van der Waals surface area contributed by atoms with E-state index in [9.17, 15) is 4.79 Å². The number of amides is 1. The zero-order valence-corrected chi connectivity index (χ0v) is 13.1. The first-order valence-electron chi connectivity index (χ1n) is 6.68. The Labute approximate surface area is 128 Å². The monoisotopic (exact) mass is 302 g/mol. The Hall–Kier alpha value is -2.03. The van der Waals surface area contributed by atoms with Gasteiger partial charge in [-0.3, -0.25) is 4.79 Å². The molecule has 1 amide bonds. The van der Waals surface area contributed by atoms with E-state index in [0.29, 0.717) is 11.4 Å². The lowest BCUT2D eigenvalue weighted by molar-refractivity contribution is 0.0939. The molecule has 1 unspecified atom stereocenters. The van der Waals surface area contributed by atoms with Crippen molar-refractivity contribution in [2.45, 2.75) is 26.8 Å². The van der Waals surface area contributed by atoms with E-state index < -0.39 is 0 Å². The summed E-state index contributed by atoms with van der Waals surface area (Å²) in [6, 6.07) is 5.43. The Bertz CT molecular complexity index is 703. The molecule has 2 aromatic rings. The van der Waals surface area contributed by atoms with Crippen molar-refractivity contribution in [3.63, 3.8) is 0 Å². The van der Waals surface area contributed by atoms with Crippen LogP contribution in [0.2, 0.25) is 0 Å². The summed E-state index contributed by atoms with van der Waals surface area (Å²) in [5.41, 5.74) is 6.36. The number of nitrogens with two attached hydrogens (primary N) is 1. The zero-order chi connectivity index (χ0) is 15.4. The Morgan fingerprint density at radius 1 is 1.48 bits per heavy atom. The number of carbonyl (C=O) groups is 1. The minimum absolute atomic E-state index is 0.120. The highest BCUT2D eigenvalue weighted by Gasteiger charge is 2.16. The predicted molar refractivity (Wildman–Crippen MR) is 84.3 cm³/mol. The van der Waals surface area contributed by atoms with Gasteiger partial charge in [-0.05, 0) is 44.5 Å². The minimum atomic E-state index is -0.174. The normalized spacial score (nSPS) is 11.6. The lowest BCUT2D eigenvalue weighted by Gasteiger charge is -2.10. The van der Waals surface area contributed by atoms with Crippen LogP contribution >= 0.6 is 11.3 Å². The van der Waals surface area contributed by atoms with Crippen LogP contribution in [0.1, 0.15) is 44.6 Å². The van der Waals surface area contributed by atoms with Crippen molar-refractivity contribution < 1.29 is 9.21 Å². The molecule has 0 fully saturated rings. The lowest BCUT2D eigenvalue weighted by Crippen LogP contribution is -2.25. The van der Waals surface area contributed by atoms with E-state index in [0.717, 1.165) is 22.0 Å². The van der Waals surface area contributed by atoms with Crippen molar-refractivity contribution in [2.24, 2.45) is 5.73 Å². The van der Waals surface area contributed by atoms with Crippen molar-refractivity contribution in [1.29, 1.82) is 0 Å². The van der Waals surface area contributed by atoms with Gasteiger partial charge < -0.3 is 15.5 Å². The van der Waals surface area contributed by atoms with Crippen molar-refractivity contribution in [3.8, 4) is 11.8 Å². The Morgan fingerprint density at radius 2 is 2.24 bits per heavy atom. The lowest BCUT2D eigenvalue weighted by atomic mass is 10.2. The van der Waals surface area contributed by atoms with E-state index >= 15 is 0 Å². The van der Waals surface area contributed by atoms with Gasteiger partial charge in [0.2, 0.25) is 0 Å². The fourth-order valence-corrected chi connectivity index (χ4v) is 2.82. The number of thiophene rings is 1. The maximum Gasteiger partial charge on any atom is 0.261 e. The van der Waals surface area contributed by atoms with Crippen molar-refractivity contribution in [3.05, 3.63) is 45.0 Å². The third-order valence-corrected chi connectivity index (χ3v) is 4.13. The molecule has 0 aliphatic carbocycles. The molecule has 5 heteroatoms. The van der Waals surface area contributed by atoms with E-state index in [1.165, 1.54) is 11.3 Å². The molecule has 0 aromatic carbocycles. The average molecular weight is 302 g/mol. The van der Waals surface area contributed by atoms with Gasteiger partial charge in [0.1, 0.15) is 11.5 Å². The van der Waals surface area contributed by atoms with Gasteiger partial charge in [-0.25, -0.2) is 0 Å². The number of hydrogen-bond donors (Lipinski definition) is 2. The highest BCUT2D eigenvalue weighted by molar-refractivity contribution is 7.14. The summed E-state index contributed by atoms with van der Waals surface area (Å²) < 4.78 is 5.52. The van der Waals surface area contributed by atoms with Gasteiger partial charge in [0.15, 0.2) is 0 Å². The third kappa shape index (κ3) is 3.75. The highest BCUT2D eigenvalue weighted by atomic mass is 32.1. The average Bonchev–Trinajstić information content (AvgIpc) is 3.03. The first-order chi connectivity index (χ1) is 10.0. The Balaban J connectivity index is 2.10. The first-order valence-corrected chi connectivity index (χ1v) is 7.49. The highest BCUT2D eigenvalue weighted by Crippen LogP contribution is 2.22. The molecule has 0 saturated carbocycles. The molecule has 110 valence electrons. The van der Waals surface area contributed by atoms with Crippen LogP contribution in [0.4, 0.5) is 0 Å². The maximum absolute atomic E-state index is 12.3. The minimum Gasteiger partial charge on any atom is -0.464 e. The van der Waals surface area contributed by atoms with Crippen molar-refractivity contribution in [1.82, 2.24) is 5.32 Å². The number of aryl methyl sites for hydroxylation is 2. The van der Waals surface area contributed by atoms with Crippen LogP contribution < -0.4 is 11.1 Å². The molecular formula is C16H18N2O2S. The molecule has 4 nitrogen and oxygen atoms in total. The van der Waals surface area contributed by atoms with Gasteiger partial charge in [0, 0.05) is 0 Å². The van der Waals surface area contributed by atoms with Crippen molar-refractivity contribution >= 4 is 17.2 Å². The molecule has 0 aliphatic heterocycles. The molecule has 0 aliphatic rings. The summed E-state index contributed by atoms with van der Waals surface area (Å²) in [5, 5.41) is 2.93. The van der Waals surface area contributed by atoms with Crippen LogP contribution in [0.5, 0.6) is 0 Å². The summed E-state index contributed by atoms with van der Waals surface area (Å²) in [6.45, 7) is 6.02. The number of furan rings is 1. The first kappa shape index (κ1) is 15.4. The van der Waals surface area contributed by atoms with E-state index in [1.807, 2.05) is 39.0 Å². The fourth-order valence-electron chi connectivity index (χ4n) is 1.87. The van der Waals surface area contributed by atoms with Crippen LogP contribution in [0.3, 0.4) is 0 Å². The SMILES string of the molecule is Cc1ccc(C(C)NC(=O)c2cc(C)c(C#CCN)s2)o1. The summed E-state index contributed by atoms with van der Waals surface area (Å²) in [4.78, 5) is 13.8. The van der Waals surface area contributed by atoms with Crippen LogP contribution in [-0.2, 0) is 0 Å². The van der Waals surface area contributed by atoms with Gasteiger partial charge in [-0.2, -0.15) is 0 Å². The molecule has 0 spiro atoms. The topological polar surface area (TPSA) is 68.3 Å². The number of carbonyl (C=O) groups excluding carboxylic acids is 1. The van der Waals surface area contributed by atoms with Crippen LogP contribution in [-0.4, -0.2) is 12.5 Å². The second-order valence-electron chi connectivity index (χ2n) is 4.77. The predicted octanol–water partition coefficient (Wildman–Crippen LogP) is 2.76. The molecule has 0 radical (unpaired) electrons. The summed E-state index contributed by atoms with van der Waals surface area (Å²) in [5.74, 6) is 7.25.